The van der Waals surface area contributed by atoms with Crippen molar-refractivity contribution in [2.45, 2.75) is 279 Å². The van der Waals surface area contributed by atoms with Crippen molar-refractivity contribution in [3.05, 3.63) is 167 Å². The van der Waals surface area contributed by atoms with E-state index in [0.717, 1.165) is 49.7 Å². The van der Waals surface area contributed by atoms with Gasteiger partial charge in [-0.05, 0) is 151 Å². The van der Waals surface area contributed by atoms with E-state index in [0.29, 0.717) is 152 Å². The Balaban J connectivity index is 0.000000227. The lowest BCUT2D eigenvalue weighted by Gasteiger charge is -2.42. The topological polar surface area (TPSA) is 461 Å². The van der Waals surface area contributed by atoms with Crippen molar-refractivity contribution in [1.29, 1.82) is 0 Å². The summed E-state index contributed by atoms with van der Waals surface area (Å²) in [6.45, 7) is 40.8. The SMILES string of the molecule is CC(C)[Si](OCc1coc(C(=O)c2cncnc2N[C@@H]2C[C@H](CO)[C@@H](C)C2)c1)(C(C)C)C(C)C.CCO.CC[C@H]1C[C@@H](Nc2ncncc2C(=O)c2cc(CO)co2)C[C@@H]1C.CC[C@H]1C[C@@H](Nc2ncncc2C(=O)c2cc(CO[Si](C(C)C)(C(C)C)C(C)C)co2)C[C@@H]1C.NS(=O)(=O)OC[C@H]1C[C@@H](Nc2ncncc2C(=O)c2cc(CO)co2)C[C@@H]1O.[2H]CF. The number of nitrogens with zero attached hydrogens (tertiary/aromatic N) is 8. The predicted molar refractivity (Wildman–Crippen MR) is 481 cm³/mol. The molecule has 690 valence electrons. The molecule has 4 saturated carbocycles. The summed E-state index contributed by atoms with van der Waals surface area (Å²) < 4.78 is 77.0. The third-order valence-corrected chi connectivity index (χ3v) is 37.6. The number of aliphatic hydroxyl groups excluding tert-OH is 5. The lowest BCUT2D eigenvalue weighted by molar-refractivity contribution is 0.100. The van der Waals surface area contributed by atoms with Crippen molar-refractivity contribution in [2.75, 3.05) is 48.2 Å². The van der Waals surface area contributed by atoms with Crippen molar-refractivity contribution in [3.63, 3.8) is 0 Å². The van der Waals surface area contributed by atoms with Crippen molar-refractivity contribution in [1.82, 2.24) is 39.9 Å². The molecule has 8 aromatic heterocycles. The average molecular weight is 1800 g/mol. The quantitative estimate of drug-likeness (QED) is 0.0129. The van der Waals surface area contributed by atoms with E-state index >= 15 is 0 Å². The second kappa shape index (κ2) is 49.0. The van der Waals surface area contributed by atoms with Gasteiger partial charge in [0.05, 0.1) is 95.0 Å². The second-order valence-electron chi connectivity index (χ2n) is 35.1. The van der Waals surface area contributed by atoms with Crippen LogP contribution in [0.1, 0.15) is 277 Å². The summed E-state index contributed by atoms with van der Waals surface area (Å²) >= 11 is 0. The Morgan fingerprint density at radius 2 is 0.736 bits per heavy atom. The van der Waals surface area contributed by atoms with Gasteiger partial charge in [0.25, 0.3) is 0 Å². The Bertz CT molecular complexity index is 4600. The number of ketones is 4. The van der Waals surface area contributed by atoms with Crippen LogP contribution in [-0.2, 0) is 49.8 Å². The average Bonchev–Trinajstić information content (AvgIpc) is 1.21. The van der Waals surface area contributed by atoms with E-state index < -0.39 is 51.9 Å². The normalized spacial score (nSPS) is 21.3. The molecule has 125 heavy (non-hydrogen) atoms. The van der Waals surface area contributed by atoms with E-state index in [1.807, 2.05) is 6.07 Å². The maximum Gasteiger partial charge on any atom is 0.333 e. The summed E-state index contributed by atoms with van der Waals surface area (Å²) in [5, 5.41) is 63.7. The van der Waals surface area contributed by atoms with E-state index in [4.69, 9.17) is 48.3 Å². The monoisotopic (exact) mass is 1790 g/mol. The molecule has 4 aliphatic carbocycles. The largest absolute Gasteiger partial charge is 0.460 e. The van der Waals surface area contributed by atoms with Crippen LogP contribution in [0, 0.1) is 41.4 Å². The number of carbonyl (C=O) groups excluding carboxylic acids is 4. The zero-order valence-corrected chi connectivity index (χ0v) is 78.7. The van der Waals surface area contributed by atoms with E-state index in [9.17, 15) is 42.2 Å². The van der Waals surface area contributed by atoms with Crippen LogP contribution in [0.25, 0.3) is 0 Å². The van der Waals surface area contributed by atoms with Crippen LogP contribution in [0.4, 0.5) is 27.7 Å². The number of furan rings is 4. The van der Waals surface area contributed by atoms with Gasteiger partial charge >= 0.3 is 10.3 Å². The molecule has 0 bridgehead atoms. The molecule has 12 rings (SSSR count). The van der Waals surface area contributed by atoms with Gasteiger partial charge < -0.3 is 73.3 Å². The first-order valence-corrected chi connectivity index (χ1v) is 49.3. The molecule has 12 atom stereocenters. The van der Waals surface area contributed by atoms with Crippen molar-refractivity contribution >= 4 is 73.3 Å². The van der Waals surface area contributed by atoms with Gasteiger partial charge in [-0.25, -0.2) is 45.0 Å². The molecule has 0 spiro atoms. The standard InChI is InChI=1S/C27H43N3O3Si.C26H41N3O4Si.C18H23N3O3.C16H20N4O7S.C2H6O.CH3F/c1-9-22-12-23(10-20(22)8)30-27-24(13-28-16-29-27)26(31)25-11-21(14-32-25)15-33-34(17(2)3,18(4)5)19(6)7;1-16(2)34(17(3)4,18(5)6)33-14-20-9-24(32-13-20)25(31)23-11-27-15-28-26(23)29-22-8-19(7)21(10-22)12-30;1-3-13-6-14(4-11(13)2)21-18-15(7-19-10-20-18)17(23)16-5-12(8-22)9-24-16;17-28(24,25)27-7-10-2-11(3-13(10)22)20-16-12(4-18-8-19-16)15(23)14-1-9(5-21)6-26-14;1-2-3;1-2/h11,13-14,16-20,22-23H,9-10,12,15H2,1-8H3,(H,28,29,30);9,11,13,15-19,21-22,30H,8,10,12,14H2,1-7H3,(H,27,28,29);5,7,9-11,13-14,22H,3-4,6,8H2,1-2H3,(H,19,20,21);1,4,6,8,10-11,13,21-22H,2-3,5,7H2,(H2,17,24,25)(H,18,19,20);3H,2H2,1H3;1H3/t20-,22-,23-;19-,21+,22-;11-,13-,14-;10-,11-,13+;;/m0001../s1/i;;;;;1D. The molecule has 0 amide bonds. The van der Waals surface area contributed by atoms with Crippen LogP contribution in [-0.4, -0.2) is 171 Å². The second-order valence-corrected chi connectivity index (χ2v) is 47.3. The molecular formula is C90H136FN13O18SSi2. The summed E-state index contributed by atoms with van der Waals surface area (Å²) in [7, 11) is -9.09. The van der Waals surface area contributed by atoms with Gasteiger partial charge in [0.1, 0.15) is 48.6 Å². The minimum atomic E-state index is -4.09. The Morgan fingerprint density at radius 3 is 0.984 bits per heavy atom. The van der Waals surface area contributed by atoms with Gasteiger partial charge in [0.15, 0.2) is 23.0 Å². The molecule has 0 aromatic carbocycles. The molecule has 8 aromatic rings. The van der Waals surface area contributed by atoms with Crippen molar-refractivity contribution in [2.24, 2.45) is 46.6 Å². The number of aromatic nitrogens is 8. The van der Waals surface area contributed by atoms with Gasteiger partial charge in [-0.1, -0.05) is 131 Å². The van der Waals surface area contributed by atoms with Gasteiger partial charge in [-0.2, -0.15) is 8.42 Å². The predicted octanol–water partition coefficient (Wildman–Crippen LogP) is 16.2. The molecule has 31 nitrogen and oxygen atoms in total. The number of alkyl halides is 1. The van der Waals surface area contributed by atoms with Crippen LogP contribution in [0.3, 0.4) is 0 Å². The summed E-state index contributed by atoms with van der Waals surface area (Å²) in [5.74, 6) is 4.51. The number of aliphatic hydroxyl groups is 5. The molecule has 35 heteroatoms. The Labute approximate surface area is 739 Å². The van der Waals surface area contributed by atoms with Gasteiger partial charge in [0, 0.05) is 90.3 Å². The first-order chi connectivity index (χ1) is 59.9. The first-order valence-electron chi connectivity index (χ1n) is 44.3. The van der Waals surface area contributed by atoms with Crippen molar-refractivity contribution in [3.8, 4) is 0 Å². The maximum absolute atomic E-state index is 13.3. The fraction of sp³-hybridized carbons (Fsp3) is 0.600. The molecular weight excluding hydrogens is 1660 g/mol. The molecule has 8 heterocycles. The zero-order chi connectivity index (χ0) is 92.9. The number of nitrogens with two attached hydrogens (primary N) is 1. The third-order valence-electron chi connectivity index (χ3n) is 25.0. The molecule has 0 saturated heterocycles. The van der Waals surface area contributed by atoms with Crippen LogP contribution >= 0.6 is 0 Å². The number of rotatable bonds is 36. The fourth-order valence-electron chi connectivity index (χ4n) is 18.8. The number of nitrogens with one attached hydrogen (secondary N) is 4. The summed E-state index contributed by atoms with van der Waals surface area (Å²) in [6, 6.07) is 7.09. The number of halogens is 1. The molecule has 4 fully saturated rings. The highest BCUT2D eigenvalue weighted by molar-refractivity contribution is 7.84. The smallest absolute Gasteiger partial charge is 0.333 e. The van der Waals surface area contributed by atoms with Gasteiger partial charge in [-0.3, -0.25) is 27.8 Å². The maximum atomic E-state index is 13.3. The van der Waals surface area contributed by atoms with Gasteiger partial charge in [0.2, 0.25) is 39.8 Å². The summed E-state index contributed by atoms with van der Waals surface area (Å²) in [6.07, 6.45) is 25.9. The lowest BCUT2D eigenvalue weighted by atomic mass is 9.96. The minimum absolute atomic E-state index is 0.0350. The van der Waals surface area contributed by atoms with E-state index in [-0.39, 0.29) is 97.0 Å². The van der Waals surface area contributed by atoms with Gasteiger partial charge in [-0.15, -0.1) is 0 Å². The van der Waals surface area contributed by atoms with Crippen LogP contribution < -0.4 is 26.4 Å². The Kier molecular flexibility index (Phi) is 39.9. The number of hydrogen-bond acceptors (Lipinski definition) is 30. The van der Waals surface area contributed by atoms with E-state index in [1.165, 1.54) is 75.3 Å². The van der Waals surface area contributed by atoms with Crippen LogP contribution in [0.5, 0.6) is 0 Å². The van der Waals surface area contributed by atoms with E-state index in [2.05, 4.69) is 183 Å². The molecule has 0 aliphatic heterocycles. The van der Waals surface area contributed by atoms with Crippen LogP contribution in [0.15, 0.2) is 117 Å². The fourth-order valence-corrected chi connectivity index (χ4v) is 30.0. The van der Waals surface area contributed by atoms with Crippen LogP contribution in [0.2, 0.25) is 33.2 Å². The lowest BCUT2D eigenvalue weighted by Crippen LogP contribution is -2.47. The van der Waals surface area contributed by atoms with E-state index in [1.54, 1.807) is 37.8 Å². The minimum Gasteiger partial charge on any atom is -0.460 e. The highest BCUT2D eigenvalue weighted by atomic mass is 32.2. The first kappa shape index (κ1) is 102. The Morgan fingerprint density at radius 1 is 0.472 bits per heavy atom. The Hall–Kier alpha value is -8.73. The molecule has 4 aliphatic rings. The molecule has 0 unspecified atom stereocenters. The number of hydrogen-bond donors (Lipinski definition) is 10. The highest BCUT2D eigenvalue weighted by Crippen LogP contribution is 2.46. The number of carbonyl (C=O) groups is 4. The molecule has 11 N–H and O–H groups in total. The zero-order valence-electron chi connectivity index (χ0n) is 76.8. The summed E-state index contributed by atoms with van der Waals surface area (Å²) in [4.78, 5) is 85.0. The molecule has 0 radical (unpaired) electrons. The third kappa shape index (κ3) is 27.7. The number of anilines is 4. The highest BCUT2D eigenvalue weighted by Gasteiger charge is 2.47. The van der Waals surface area contributed by atoms with Crippen molar-refractivity contribution < 1.29 is 89.6 Å². The summed E-state index contributed by atoms with van der Waals surface area (Å²) in [5.41, 5.74) is 7.15.